The molecule has 0 bridgehead atoms. The van der Waals surface area contributed by atoms with E-state index in [1.807, 2.05) is 0 Å². The highest BCUT2D eigenvalue weighted by molar-refractivity contribution is 6.36. The Morgan fingerprint density at radius 2 is 2.12 bits per heavy atom. The van der Waals surface area contributed by atoms with Gasteiger partial charge in [0.05, 0.1) is 23.7 Å². The van der Waals surface area contributed by atoms with Gasteiger partial charge in [0.2, 0.25) is 0 Å². The van der Waals surface area contributed by atoms with Gasteiger partial charge in [0.15, 0.2) is 5.82 Å². The van der Waals surface area contributed by atoms with E-state index in [-0.39, 0.29) is 6.54 Å². The number of ether oxygens (including phenoxy) is 1. The third-order valence-corrected chi connectivity index (χ3v) is 2.82. The lowest BCUT2D eigenvalue weighted by molar-refractivity contribution is 0.415. The second kappa shape index (κ2) is 4.91. The average molecular weight is 273 g/mol. The molecule has 1 heterocycles. The monoisotopic (exact) mass is 272 g/mol. The normalized spacial score (nSPS) is 10.6. The minimum Gasteiger partial charge on any atom is -0.495 e. The van der Waals surface area contributed by atoms with Gasteiger partial charge in [-0.25, -0.2) is 4.98 Å². The molecule has 0 spiro atoms. The maximum atomic E-state index is 6.10. The van der Waals surface area contributed by atoms with Gasteiger partial charge in [-0.05, 0) is 6.07 Å². The zero-order valence-corrected chi connectivity index (χ0v) is 10.5. The Morgan fingerprint density at radius 1 is 1.35 bits per heavy atom. The summed E-state index contributed by atoms with van der Waals surface area (Å²) in [6.45, 7) is 0.286. The number of aromatic amines is 1. The van der Waals surface area contributed by atoms with E-state index < -0.39 is 0 Å². The topological polar surface area (TPSA) is 76.8 Å². The van der Waals surface area contributed by atoms with E-state index in [2.05, 4.69) is 15.2 Å². The molecule has 0 amide bonds. The number of hydrogen-bond donors (Lipinski definition) is 2. The van der Waals surface area contributed by atoms with Crippen LogP contribution in [0.5, 0.6) is 5.75 Å². The molecule has 90 valence electrons. The Bertz CT molecular complexity index is 541. The fourth-order valence-corrected chi connectivity index (χ4v) is 1.84. The summed E-state index contributed by atoms with van der Waals surface area (Å²) in [5, 5.41) is 7.64. The van der Waals surface area contributed by atoms with Crippen LogP contribution in [0.15, 0.2) is 12.1 Å². The van der Waals surface area contributed by atoms with Crippen molar-refractivity contribution in [2.75, 3.05) is 7.11 Å². The van der Waals surface area contributed by atoms with E-state index in [0.717, 1.165) is 0 Å². The van der Waals surface area contributed by atoms with Crippen LogP contribution in [0.25, 0.3) is 11.4 Å². The molecule has 1 aromatic heterocycles. The molecule has 0 fully saturated rings. The highest BCUT2D eigenvalue weighted by Gasteiger charge is 2.13. The number of nitrogens with two attached hydrogens (primary N) is 1. The summed E-state index contributed by atoms with van der Waals surface area (Å²) in [5.41, 5.74) is 6.07. The van der Waals surface area contributed by atoms with Gasteiger partial charge in [0.25, 0.3) is 0 Å². The summed E-state index contributed by atoms with van der Waals surface area (Å²) in [6.07, 6.45) is 0. The number of halogens is 2. The maximum Gasteiger partial charge on any atom is 0.182 e. The largest absolute Gasteiger partial charge is 0.495 e. The Morgan fingerprint density at radius 3 is 2.71 bits per heavy atom. The molecule has 0 aliphatic carbocycles. The summed E-state index contributed by atoms with van der Waals surface area (Å²) >= 11 is 12.1. The van der Waals surface area contributed by atoms with E-state index in [1.165, 1.54) is 7.11 Å². The molecule has 2 aromatic rings. The van der Waals surface area contributed by atoms with Crippen LogP contribution in [0, 0.1) is 0 Å². The Hall–Kier alpha value is -1.30. The molecule has 17 heavy (non-hydrogen) atoms. The molecule has 7 heteroatoms. The van der Waals surface area contributed by atoms with Crippen LogP contribution in [-0.2, 0) is 6.54 Å². The van der Waals surface area contributed by atoms with Crippen LogP contribution in [0.1, 0.15) is 5.82 Å². The second-order valence-electron chi connectivity index (χ2n) is 3.28. The number of H-pyrrole nitrogens is 1. The first-order chi connectivity index (χ1) is 8.15. The highest BCUT2D eigenvalue weighted by Crippen LogP contribution is 2.35. The van der Waals surface area contributed by atoms with Crippen molar-refractivity contribution >= 4 is 23.2 Å². The number of aromatic nitrogens is 3. The zero-order valence-electron chi connectivity index (χ0n) is 9.00. The van der Waals surface area contributed by atoms with Gasteiger partial charge in [-0.3, -0.25) is 5.10 Å². The van der Waals surface area contributed by atoms with Crippen LogP contribution < -0.4 is 10.5 Å². The standard InChI is InChI=1S/C10H10Cl2N4O/c1-17-8-3-6(11)5(2-7(8)12)10-14-9(4-13)15-16-10/h2-3H,4,13H2,1H3,(H,14,15,16). The maximum absolute atomic E-state index is 6.10. The number of hydrogen-bond acceptors (Lipinski definition) is 4. The minimum absolute atomic E-state index is 0.286. The molecule has 0 atom stereocenters. The Balaban J connectivity index is 2.48. The molecule has 3 N–H and O–H groups in total. The molecule has 0 radical (unpaired) electrons. The van der Waals surface area contributed by atoms with Crippen LogP contribution >= 0.6 is 23.2 Å². The summed E-state index contributed by atoms with van der Waals surface area (Å²) < 4.78 is 5.06. The number of methoxy groups -OCH3 is 1. The molecule has 2 rings (SSSR count). The van der Waals surface area contributed by atoms with Gasteiger partial charge in [0, 0.05) is 11.6 Å². The van der Waals surface area contributed by atoms with Gasteiger partial charge < -0.3 is 10.5 Å². The van der Waals surface area contributed by atoms with Crippen molar-refractivity contribution in [3.8, 4) is 17.1 Å². The van der Waals surface area contributed by atoms with Crippen molar-refractivity contribution in [2.45, 2.75) is 6.54 Å². The number of nitrogens with zero attached hydrogens (tertiary/aromatic N) is 2. The molecule has 1 aromatic carbocycles. The highest BCUT2D eigenvalue weighted by atomic mass is 35.5. The minimum atomic E-state index is 0.286. The van der Waals surface area contributed by atoms with Gasteiger partial charge in [-0.15, -0.1) is 0 Å². The van der Waals surface area contributed by atoms with Crippen molar-refractivity contribution in [1.82, 2.24) is 15.2 Å². The molecule has 0 aliphatic rings. The lowest BCUT2D eigenvalue weighted by Crippen LogP contribution is -1.98. The smallest absolute Gasteiger partial charge is 0.182 e. The first-order valence-electron chi connectivity index (χ1n) is 4.80. The molecule has 0 saturated heterocycles. The fourth-order valence-electron chi connectivity index (χ4n) is 1.36. The number of nitrogens with one attached hydrogen (secondary N) is 1. The van der Waals surface area contributed by atoms with Gasteiger partial charge in [-0.1, -0.05) is 23.2 Å². The molecular weight excluding hydrogens is 263 g/mol. The molecule has 0 aliphatic heterocycles. The van der Waals surface area contributed by atoms with Crippen molar-refractivity contribution in [2.24, 2.45) is 5.73 Å². The summed E-state index contributed by atoms with van der Waals surface area (Å²) in [6, 6.07) is 3.28. The van der Waals surface area contributed by atoms with Crippen molar-refractivity contribution in [3.05, 3.63) is 28.0 Å². The Kier molecular flexibility index (Phi) is 3.51. The summed E-state index contributed by atoms with van der Waals surface area (Å²) in [7, 11) is 1.52. The van der Waals surface area contributed by atoms with Gasteiger partial charge >= 0.3 is 0 Å². The third-order valence-electron chi connectivity index (χ3n) is 2.21. The Labute approximate surface area is 108 Å². The number of benzene rings is 1. The van der Waals surface area contributed by atoms with Crippen molar-refractivity contribution in [3.63, 3.8) is 0 Å². The molecular formula is C10H10Cl2N4O. The first kappa shape index (κ1) is 12.2. The van der Waals surface area contributed by atoms with E-state index in [0.29, 0.717) is 33.0 Å². The summed E-state index contributed by atoms with van der Waals surface area (Å²) in [4.78, 5) is 4.18. The quantitative estimate of drug-likeness (QED) is 0.899. The second-order valence-corrected chi connectivity index (χ2v) is 4.09. The third kappa shape index (κ3) is 2.36. The van der Waals surface area contributed by atoms with Gasteiger partial charge in [-0.2, -0.15) is 5.10 Å². The van der Waals surface area contributed by atoms with E-state index >= 15 is 0 Å². The average Bonchev–Trinajstić information content (AvgIpc) is 2.80. The van der Waals surface area contributed by atoms with Crippen molar-refractivity contribution in [1.29, 1.82) is 0 Å². The van der Waals surface area contributed by atoms with Crippen LogP contribution in [0.3, 0.4) is 0 Å². The fraction of sp³-hybridized carbons (Fsp3) is 0.200. The molecule has 5 nitrogen and oxygen atoms in total. The first-order valence-corrected chi connectivity index (χ1v) is 5.56. The van der Waals surface area contributed by atoms with Gasteiger partial charge in [0.1, 0.15) is 11.6 Å². The predicted octanol–water partition coefficient (Wildman–Crippen LogP) is 2.25. The number of rotatable bonds is 3. The SMILES string of the molecule is COc1cc(Cl)c(-c2n[nH]c(CN)n2)cc1Cl. The molecule has 0 unspecified atom stereocenters. The summed E-state index contributed by atoms with van der Waals surface area (Å²) in [5.74, 6) is 1.55. The van der Waals surface area contributed by atoms with E-state index in [4.69, 9.17) is 33.7 Å². The van der Waals surface area contributed by atoms with E-state index in [9.17, 15) is 0 Å². The lowest BCUT2D eigenvalue weighted by Gasteiger charge is -2.06. The van der Waals surface area contributed by atoms with E-state index in [1.54, 1.807) is 12.1 Å². The van der Waals surface area contributed by atoms with Crippen LogP contribution in [0.4, 0.5) is 0 Å². The van der Waals surface area contributed by atoms with Crippen LogP contribution in [0.2, 0.25) is 10.0 Å². The zero-order chi connectivity index (χ0) is 12.4. The van der Waals surface area contributed by atoms with Crippen LogP contribution in [-0.4, -0.2) is 22.3 Å². The van der Waals surface area contributed by atoms with Crippen molar-refractivity contribution < 1.29 is 4.74 Å². The predicted molar refractivity (Wildman–Crippen MR) is 66.3 cm³/mol. The lowest BCUT2D eigenvalue weighted by atomic mass is 10.2. The molecule has 0 saturated carbocycles.